The molecule has 0 heterocycles. The topological polar surface area (TPSA) is 79.2 Å². The number of carbonyl (C=O) groups excluding carboxylic acids is 2. The van der Waals surface area contributed by atoms with Crippen LogP contribution in [0.25, 0.3) is 6.08 Å². The third-order valence-corrected chi connectivity index (χ3v) is 3.38. The van der Waals surface area contributed by atoms with Crippen molar-refractivity contribution in [3.63, 3.8) is 0 Å². The first kappa shape index (κ1) is 18.0. The van der Waals surface area contributed by atoms with E-state index in [0.717, 1.165) is 17.5 Å². The van der Waals surface area contributed by atoms with Gasteiger partial charge in [-0.25, -0.2) is 4.79 Å². The van der Waals surface area contributed by atoms with Crippen LogP contribution in [0.5, 0.6) is 0 Å². The minimum atomic E-state index is -0.595. The summed E-state index contributed by atoms with van der Waals surface area (Å²) in [6, 6.07) is 18.6. The van der Waals surface area contributed by atoms with E-state index in [0.29, 0.717) is 12.1 Å². The summed E-state index contributed by atoms with van der Waals surface area (Å²) in [4.78, 5) is 23.2. The van der Waals surface area contributed by atoms with Gasteiger partial charge in [0.2, 0.25) is 0 Å². The molecule has 1 amide bonds. The second kappa shape index (κ2) is 9.68. The molecule has 5 heteroatoms. The lowest BCUT2D eigenvalue weighted by atomic mass is 10.1. The van der Waals surface area contributed by atoms with E-state index >= 15 is 0 Å². The maximum absolute atomic E-state index is 11.6. The Morgan fingerprint density at radius 2 is 1.80 bits per heavy atom. The number of rotatable bonds is 7. The fourth-order valence-electron chi connectivity index (χ4n) is 2.06. The van der Waals surface area contributed by atoms with Crippen molar-refractivity contribution in [1.29, 1.82) is 5.26 Å². The molecule has 0 aliphatic carbocycles. The Morgan fingerprint density at radius 3 is 2.48 bits per heavy atom. The number of ether oxygens (including phenoxy) is 1. The van der Waals surface area contributed by atoms with Crippen LogP contribution in [0.4, 0.5) is 0 Å². The summed E-state index contributed by atoms with van der Waals surface area (Å²) in [5.41, 5.74) is 2.44. The van der Waals surface area contributed by atoms with Crippen molar-refractivity contribution in [3.05, 3.63) is 77.4 Å². The minimum Gasteiger partial charge on any atom is -0.452 e. The first-order valence-electron chi connectivity index (χ1n) is 7.83. The molecule has 0 saturated carbocycles. The van der Waals surface area contributed by atoms with Crippen molar-refractivity contribution in [1.82, 2.24) is 5.32 Å². The molecule has 0 fully saturated rings. The maximum Gasteiger partial charge on any atom is 0.331 e. The van der Waals surface area contributed by atoms with Crippen molar-refractivity contribution in [2.24, 2.45) is 0 Å². The highest BCUT2D eigenvalue weighted by Crippen LogP contribution is 2.05. The van der Waals surface area contributed by atoms with Crippen LogP contribution in [-0.4, -0.2) is 25.0 Å². The Hall–Kier alpha value is -3.39. The average molecular weight is 334 g/mol. The molecule has 5 nitrogen and oxygen atoms in total. The average Bonchev–Trinajstić information content (AvgIpc) is 2.66. The second-order valence-corrected chi connectivity index (χ2v) is 5.26. The summed E-state index contributed by atoms with van der Waals surface area (Å²) in [7, 11) is 0. The number of nitrogens with one attached hydrogen (secondary N) is 1. The highest BCUT2D eigenvalue weighted by molar-refractivity contribution is 5.89. The summed E-state index contributed by atoms with van der Waals surface area (Å²) < 4.78 is 4.88. The van der Waals surface area contributed by atoms with Crippen LogP contribution in [0.1, 0.15) is 16.7 Å². The molecule has 2 aromatic rings. The van der Waals surface area contributed by atoms with E-state index in [1.807, 2.05) is 36.4 Å². The molecule has 2 aromatic carbocycles. The molecular weight excluding hydrogens is 316 g/mol. The van der Waals surface area contributed by atoms with E-state index in [9.17, 15) is 9.59 Å². The number of nitriles is 1. The third-order valence-electron chi connectivity index (χ3n) is 3.38. The van der Waals surface area contributed by atoms with Gasteiger partial charge in [0.05, 0.1) is 11.6 Å². The fourth-order valence-corrected chi connectivity index (χ4v) is 2.06. The van der Waals surface area contributed by atoms with Crippen molar-refractivity contribution < 1.29 is 14.3 Å². The van der Waals surface area contributed by atoms with Gasteiger partial charge in [0, 0.05) is 12.6 Å². The molecule has 0 spiro atoms. The summed E-state index contributed by atoms with van der Waals surface area (Å²) in [5.74, 6) is -0.932. The minimum absolute atomic E-state index is 0.314. The van der Waals surface area contributed by atoms with Gasteiger partial charge in [-0.15, -0.1) is 0 Å². The second-order valence-electron chi connectivity index (χ2n) is 5.26. The quantitative estimate of drug-likeness (QED) is 0.623. The van der Waals surface area contributed by atoms with Crippen molar-refractivity contribution in [2.75, 3.05) is 13.2 Å². The number of nitrogens with zero attached hydrogens (tertiary/aromatic N) is 1. The van der Waals surface area contributed by atoms with Crippen LogP contribution < -0.4 is 5.32 Å². The van der Waals surface area contributed by atoms with E-state index in [-0.39, 0.29) is 12.5 Å². The van der Waals surface area contributed by atoms with Crippen molar-refractivity contribution in [3.8, 4) is 6.07 Å². The summed E-state index contributed by atoms with van der Waals surface area (Å²) in [6.07, 6.45) is 3.54. The Labute approximate surface area is 146 Å². The largest absolute Gasteiger partial charge is 0.452 e. The first-order chi connectivity index (χ1) is 12.2. The molecule has 0 unspecified atom stereocenters. The zero-order chi connectivity index (χ0) is 17.9. The zero-order valence-corrected chi connectivity index (χ0v) is 13.6. The van der Waals surface area contributed by atoms with Crippen LogP contribution >= 0.6 is 0 Å². The van der Waals surface area contributed by atoms with Gasteiger partial charge in [0.1, 0.15) is 0 Å². The normalized spacial score (nSPS) is 10.2. The summed E-state index contributed by atoms with van der Waals surface area (Å²) in [5, 5.41) is 11.4. The molecule has 25 heavy (non-hydrogen) atoms. The molecule has 0 saturated heterocycles. The molecule has 2 rings (SSSR count). The van der Waals surface area contributed by atoms with Gasteiger partial charge < -0.3 is 10.1 Å². The number of hydrogen-bond acceptors (Lipinski definition) is 4. The molecule has 1 N–H and O–H groups in total. The van der Waals surface area contributed by atoms with Gasteiger partial charge in [-0.2, -0.15) is 5.26 Å². The Bertz CT molecular complexity index is 775. The molecular formula is C20H18N2O3. The van der Waals surface area contributed by atoms with Crippen LogP contribution in [0.15, 0.2) is 60.7 Å². The van der Waals surface area contributed by atoms with E-state index < -0.39 is 5.97 Å². The Balaban J connectivity index is 1.67. The highest BCUT2D eigenvalue weighted by Gasteiger charge is 2.04. The lowest BCUT2D eigenvalue weighted by Gasteiger charge is -2.05. The number of amides is 1. The smallest absolute Gasteiger partial charge is 0.331 e. The summed E-state index contributed by atoms with van der Waals surface area (Å²) >= 11 is 0. The van der Waals surface area contributed by atoms with Crippen LogP contribution in [-0.2, 0) is 20.7 Å². The van der Waals surface area contributed by atoms with Crippen LogP contribution in [0.3, 0.4) is 0 Å². The Kier molecular flexibility index (Phi) is 6.95. The number of benzene rings is 2. The van der Waals surface area contributed by atoms with E-state index in [1.165, 1.54) is 6.08 Å². The van der Waals surface area contributed by atoms with Crippen LogP contribution in [0.2, 0.25) is 0 Å². The van der Waals surface area contributed by atoms with Crippen LogP contribution in [0, 0.1) is 11.3 Å². The summed E-state index contributed by atoms with van der Waals surface area (Å²) in [6.45, 7) is 0.173. The van der Waals surface area contributed by atoms with Gasteiger partial charge in [-0.1, -0.05) is 42.5 Å². The fraction of sp³-hybridized carbons (Fsp3) is 0.150. The van der Waals surface area contributed by atoms with Gasteiger partial charge >= 0.3 is 5.97 Å². The maximum atomic E-state index is 11.6. The van der Waals surface area contributed by atoms with Gasteiger partial charge in [-0.3, -0.25) is 4.79 Å². The van der Waals surface area contributed by atoms with E-state index in [4.69, 9.17) is 10.00 Å². The SMILES string of the molecule is N#Cc1ccc(/C=C/C(=O)OCC(=O)NCCc2ccccc2)cc1. The predicted molar refractivity (Wildman–Crippen MR) is 94.3 cm³/mol. The molecule has 0 aromatic heterocycles. The van der Waals surface area contributed by atoms with Crippen molar-refractivity contribution in [2.45, 2.75) is 6.42 Å². The number of carbonyl (C=O) groups is 2. The van der Waals surface area contributed by atoms with Gasteiger partial charge in [0.25, 0.3) is 5.91 Å². The molecule has 0 aliphatic rings. The highest BCUT2D eigenvalue weighted by atomic mass is 16.5. The number of hydrogen-bond donors (Lipinski definition) is 1. The van der Waals surface area contributed by atoms with Gasteiger partial charge in [0.15, 0.2) is 6.61 Å². The first-order valence-corrected chi connectivity index (χ1v) is 7.83. The molecule has 126 valence electrons. The molecule has 0 atom stereocenters. The molecule has 0 bridgehead atoms. The van der Waals surface area contributed by atoms with Crippen molar-refractivity contribution >= 4 is 18.0 Å². The third kappa shape index (κ3) is 6.71. The van der Waals surface area contributed by atoms with E-state index in [1.54, 1.807) is 30.3 Å². The molecule has 0 radical (unpaired) electrons. The molecule has 0 aliphatic heterocycles. The standard InChI is InChI=1S/C20H18N2O3/c21-14-18-8-6-17(7-9-18)10-11-20(24)25-15-19(23)22-13-12-16-4-2-1-3-5-16/h1-11H,12-13,15H2,(H,22,23)/b11-10+. The van der Waals surface area contributed by atoms with Gasteiger partial charge in [-0.05, 0) is 35.8 Å². The zero-order valence-electron chi connectivity index (χ0n) is 13.6. The predicted octanol–water partition coefficient (Wildman–Crippen LogP) is 2.47. The number of esters is 1. The monoisotopic (exact) mass is 334 g/mol. The Morgan fingerprint density at radius 1 is 1.08 bits per heavy atom. The lowest BCUT2D eigenvalue weighted by molar-refractivity contribution is -0.143. The van der Waals surface area contributed by atoms with E-state index in [2.05, 4.69) is 5.32 Å². The lowest BCUT2D eigenvalue weighted by Crippen LogP contribution is -2.30.